The highest BCUT2D eigenvalue weighted by Gasteiger charge is 2.29. The van der Waals surface area contributed by atoms with Crippen molar-refractivity contribution in [2.45, 2.75) is 12.8 Å². The maximum atomic E-state index is 13.0. The van der Waals surface area contributed by atoms with Crippen molar-refractivity contribution >= 4 is 29.1 Å². The predicted molar refractivity (Wildman–Crippen MR) is 95.1 cm³/mol. The van der Waals surface area contributed by atoms with Crippen molar-refractivity contribution in [2.75, 3.05) is 18.4 Å². The number of halogens is 2. The topological polar surface area (TPSA) is 49.4 Å². The molecular formula is C19H18ClFN2O2. The van der Waals surface area contributed by atoms with Gasteiger partial charge in [0, 0.05) is 29.4 Å². The summed E-state index contributed by atoms with van der Waals surface area (Å²) in [6, 6.07) is 12.4. The number of carbonyl (C=O) groups is 2. The third-order valence-corrected chi connectivity index (χ3v) is 4.50. The van der Waals surface area contributed by atoms with Gasteiger partial charge in [0.1, 0.15) is 5.82 Å². The largest absolute Gasteiger partial charge is 0.338 e. The van der Waals surface area contributed by atoms with E-state index in [-0.39, 0.29) is 23.5 Å². The van der Waals surface area contributed by atoms with E-state index in [0.29, 0.717) is 29.4 Å². The Balaban J connectivity index is 1.65. The normalized spacial score (nSPS) is 17.2. The first kappa shape index (κ1) is 17.4. The van der Waals surface area contributed by atoms with Gasteiger partial charge in [-0.05, 0) is 55.3 Å². The highest BCUT2D eigenvalue weighted by atomic mass is 35.5. The molecule has 0 saturated carbocycles. The van der Waals surface area contributed by atoms with E-state index in [4.69, 9.17) is 11.6 Å². The lowest BCUT2D eigenvalue weighted by atomic mass is 9.96. The standard InChI is InChI=1S/C19H18ClFN2O2/c20-15-4-1-5-17(11-15)22-18(24)14-3-2-10-23(12-14)19(25)13-6-8-16(21)9-7-13/h1,4-9,11,14H,2-3,10,12H2,(H,22,24)/t14-/m1/s1. The summed E-state index contributed by atoms with van der Waals surface area (Å²) in [5.41, 5.74) is 1.07. The van der Waals surface area contributed by atoms with Gasteiger partial charge in [-0.15, -0.1) is 0 Å². The number of hydrogen-bond donors (Lipinski definition) is 1. The molecule has 0 radical (unpaired) electrons. The minimum Gasteiger partial charge on any atom is -0.338 e. The Labute approximate surface area is 150 Å². The van der Waals surface area contributed by atoms with Crippen molar-refractivity contribution in [1.82, 2.24) is 4.90 Å². The molecule has 2 amide bonds. The number of hydrogen-bond acceptors (Lipinski definition) is 2. The average molecular weight is 361 g/mol. The Morgan fingerprint density at radius 2 is 1.92 bits per heavy atom. The van der Waals surface area contributed by atoms with Crippen LogP contribution in [-0.4, -0.2) is 29.8 Å². The number of likely N-dealkylation sites (tertiary alicyclic amines) is 1. The minimum atomic E-state index is -0.381. The molecule has 1 atom stereocenters. The summed E-state index contributed by atoms with van der Waals surface area (Å²) in [5.74, 6) is -0.967. The van der Waals surface area contributed by atoms with Crippen LogP contribution in [0.5, 0.6) is 0 Å². The fourth-order valence-corrected chi connectivity index (χ4v) is 3.15. The molecule has 130 valence electrons. The van der Waals surface area contributed by atoms with Gasteiger partial charge in [0.15, 0.2) is 0 Å². The second-order valence-corrected chi connectivity index (χ2v) is 6.53. The van der Waals surface area contributed by atoms with Crippen molar-refractivity contribution in [1.29, 1.82) is 0 Å². The van der Waals surface area contributed by atoms with E-state index < -0.39 is 0 Å². The number of carbonyl (C=O) groups excluding carboxylic acids is 2. The van der Waals surface area contributed by atoms with Crippen LogP contribution in [0.25, 0.3) is 0 Å². The smallest absolute Gasteiger partial charge is 0.253 e. The minimum absolute atomic E-state index is 0.126. The molecular weight excluding hydrogens is 343 g/mol. The quantitative estimate of drug-likeness (QED) is 0.900. The van der Waals surface area contributed by atoms with Gasteiger partial charge < -0.3 is 10.2 Å². The molecule has 1 aliphatic heterocycles. The van der Waals surface area contributed by atoms with Gasteiger partial charge in [-0.25, -0.2) is 4.39 Å². The maximum absolute atomic E-state index is 13.0. The molecule has 1 N–H and O–H groups in total. The van der Waals surface area contributed by atoms with Gasteiger partial charge in [-0.2, -0.15) is 0 Å². The van der Waals surface area contributed by atoms with E-state index in [1.54, 1.807) is 29.2 Å². The van der Waals surface area contributed by atoms with Gasteiger partial charge in [-0.3, -0.25) is 9.59 Å². The number of rotatable bonds is 3. The molecule has 0 aromatic heterocycles. The Morgan fingerprint density at radius 3 is 2.64 bits per heavy atom. The highest BCUT2D eigenvalue weighted by molar-refractivity contribution is 6.30. The zero-order valence-electron chi connectivity index (χ0n) is 13.5. The zero-order chi connectivity index (χ0) is 17.8. The summed E-state index contributed by atoms with van der Waals surface area (Å²) in [7, 11) is 0. The van der Waals surface area contributed by atoms with Crippen molar-refractivity contribution < 1.29 is 14.0 Å². The SMILES string of the molecule is O=C(Nc1cccc(Cl)c1)[C@@H]1CCCN(C(=O)c2ccc(F)cc2)C1. The summed E-state index contributed by atoms with van der Waals surface area (Å²) in [6.45, 7) is 0.944. The summed E-state index contributed by atoms with van der Waals surface area (Å²) >= 11 is 5.93. The van der Waals surface area contributed by atoms with Crippen molar-refractivity contribution in [3.8, 4) is 0 Å². The molecule has 0 unspecified atom stereocenters. The summed E-state index contributed by atoms with van der Waals surface area (Å²) < 4.78 is 13.0. The molecule has 0 spiro atoms. The lowest BCUT2D eigenvalue weighted by molar-refractivity contribution is -0.121. The molecule has 25 heavy (non-hydrogen) atoms. The third kappa shape index (κ3) is 4.37. The Bertz CT molecular complexity index is 779. The molecule has 1 saturated heterocycles. The number of nitrogens with zero attached hydrogens (tertiary/aromatic N) is 1. The van der Waals surface area contributed by atoms with Crippen molar-refractivity contribution in [2.24, 2.45) is 5.92 Å². The predicted octanol–water partition coefficient (Wildman–Crippen LogP) is 3.97. The Kier molecular flexibility index (Phi) is 5.34. The molecule has 1 aliphatic rings. The van der Waals surface area contributed by atoms with Crippen LogP contribution in [0.15, 0.2) is 48.5 Å². The summed E-state index contributed by atoms with van der Waals surface area (Å²) in [6.07, 6.45) is 1.47. The van der Waals surface area contributed by atoms with Crippen LogP contribution in [0.1, 0.15) is 23.2 Å². The van der Waals surface area contributed by atoms with Gasteiger partial charge >= 0.3 is 0 Å². The first-order valence-electron chi connectivity index (χ1n) is 8.14. The highest BCUT2D eigenvalue weighted by Crippen LogP contribution is 2.22. The molecule has 1 heterocycles. The molecule has 2 aromatic rings. The number of nitrogens with one attached hydrogen (secondary N) is 1. The van der Waals surface area contributed by atoms with Crippen LogP contribution >= 0.6 is 11.6 Å². The van der Waals surface area contributed by atoms with Crippen LogP contribution in [0.3, 0.4) is 0 Å². The summed E-state index contributed by atoms with van der Waals surface area (Å²) in [5, 5.41) is 3.40. The number of benzene rings is 2. The van der Waals surface area contributed by atoms with Crippen LogP contribution in [-0.2, 0) is 4.79 Å². The molecule has 3 rings (SSSR count). The van der Waals surface area contributed by atoms with Crippen molar-refractivity contribution in [3.05, 3.63) is 64.9 Å². The number of anilines is 1. The van der Waals surface area contributed by atoms with Gasteiger partial charge in [0.05, 0.1) is 5.92 Å². The van der Waals surface area contributed by atoms with Gasteiger partial charge in [0.2, 0.25) is 5.91 Å². The lowest BCUT2D eigenvalue weighted by Gasteiger charge is -2.32. The fraction of sp³-hybridized carbons (Fsp3) is 0.263. The molecule has 4 nitrogen and oxygen atoms in total. The monoisotopic (exact) mass is 360 g/mol. The number of piperidine rings is 1. The Hall–Kier alpha value is -2.40. The van der Waals surface area contributed by atoms with E-state index in [1.165, 1.54) is 24.3 Å². The average Bonchev–Trinajstić information content (AvgIpc) is 2.62. The van der Waals surface area contributed by atoms with E-state index >= 15 is 0 Å². The van der Waals surface area contributed by atoms with E-state index in [1.807, 2.05) is 0 Å². The molecule has 6 heteroatoms. The van der Waals surface area contributed by atoms with Crippen LogP contribution in [0.2, 0.25) is 5.02 Å². The van der Waals surface area contributed by atoms with E-state index in [2.05, 4.69) is 5.32 Å². The van der Waals surface area contributed by atoms with E-state index in [0.717, 1.165) is 12.8 Å². The second-order valence-electron chi connectivity index (χ2n) is 6.10. The summed E-state index contributed by atoms with van der Waals surface area (Å²) in [4.78, 5) is 26.7. The zero-order valence-corrected chi connectivity index (χ0v) is 14.3. The van der Waals surface area contributed by atoms with Crippen molar-refractivity contribution in [3.63, 3.8) is 0 Å². The number of amides is 2. The molecule has 0 aliphatic carbocycles. The van der Waals surface area contributed by atoms with Gasteiger partial charge in [0.25, 0.3) is 5.91 Å². The first-order valence-corrected chi connectivity index (χ1v) is 8.52. The first-order chi connectivity index (χ1) is 12.0. The van der Waals surface area contributed by atoms with E-state index in [9.17, 15) is 14.0 Å². The van der Waals surface area contributed by atoms with Crippen LogP contribution in [0, 0.1) is 11.7 Å². The van der Waals surface area contributed by atoms with Crippen LogP contribution in [0.4, 0.5) is 10.1 Å². The fourth-order valence-electron chi connectivity index (χ4n) is 2.96. The van der Waals surface area contributed by atoms with Crippen LogP contribution < -0.4 is 5.32 Å². The second kappa shape index (κ2) is 7.66. The lowest BCUT2D eigenvalue weighted by Crippen LogP contribution is -2.43. The van der Waals surface area contributed by atoms with Gasteiger partial charge in [-0.1, -0.05) is 17.7 Å². The maximum Gasteiger partial charge on any atom is 0.253 e. The Morgan fingerprint density at radius 1 is 1.16 bits per heavy atom. The molecule has 0 bridgehead atoms. The molecule has 2 aromatic carbocycles. The third-order valence-electron chi connectivity index (χ3n) is 4.26. The molecule has 1 fully saturated rings.